The Bertz CT molecular complexity index is 741. The highest BCUT2D eigenvalue weighted by Crippen LogP contribution is 2.31. The van der Waals surface area contributed by atoms with Crippen molar-refractivity contribution < 1.29 is 23.8 Å². The summed E-state index contributed by atoms with van der Waals surface area (Å²) >= 11 is 0. The Kier molecular flexibility index (Phi) is 6.67. The predicted molar refractivity (Wildman–Crippen MR) is 109 cm³/mol. The van der Waals surface area contributed by atoms with Crippen LogP contribution in [0.4, 0.5) is 0 Å². The number of carbonyl (C=O) groups is 2. The number of hydrogen-bond donors (Lipinski definition) is 1. The highest BCUT2D eigenvalue weighted by atomic mass is 16.5. The number of benzene rings is 1. The summed E-state index contributed by atoms with van der Waals surface area (Å²) in [5.41, 5.74) is 0.327. The fourth-order valence-electron chi connectivity index (χ4n) is 4.00. The van der Waals surface area contributed by atoms with Crippen molar-refractivity contribution in [3.05, 3.63) is 23.8 Å². The molecule has 7 heteroatoms. The maximum absolute atomic E-state index is 12.7. The standard InChI is InChI=1S/C22H32N2O5/c1-15(25)24-10-7-18(8-11-24)29-19-6-5-16(13-20(19)27-4)21(26)23-17-9-12-28-22(2,3)14-17/h5-6,13,17-18H,7-12,14H2,1-4H3,(H,23,26). The van der Waals surface area contributed by atoms with Crippen LogP contribution < -0.4 is 14.8 Å². The Morgan fingerprint density at radius 2 is 1.90 bits per heavy atom. The van der Waals surface area contributed by atoms with Gasteiger partial charge in [0.2, 0.25) is 5.91 Å². The van der Waals surface area contributed by atoms with Crippen LogP contribution in [0, 0.1) is 0 Å². The Labute approximate surface area is 172 Å². The lowest BCUT2D eigenvalue weighted by atomic mass is 9.94. The monoisotopic (exact) mass is 404 g/mol. The number of nitrogens with zero attached hydrogens (tertiary/aromatic N) is 1. The SMILES string of the molecule is COc1cc(C(=O)NC2CCOC(C)(C)C2)ccc1OC1CCN(C(C)=O)CC1. The number of ether oxygens (including phenoxy) is 3. The second-order valence-electron chi connectivity index (χ2n) is 8.46. The Balaban J connectivity index is 1.61. The summed E-state index contributed by atoms with van der Waals surface area (Å²) in [6.45, 7) is 7.73. The molecule has 1 N–H and O–H groups in total. The van der Waals surface area contributed by atoms with Crippen LogP contribution in [-0.2, 0) is 9.53 Å². The van der Waals surface area contributed by atoms with Crippen molar-refractivity contribution in [3.63, 3.8) is 0 Å². The van der Waals surface area contributed by atoms with Crippen molar-refractivity contribution in [1.82, 2.24) is 10.2 Å². The summed E-state index contributed by atoms with van der Waals surface area (Å²) in [7, 11) is 1.57. The number of hydrogen-bond acceptors (Lipinski definition) is 5. The molecule has 0 saturated carbocycles. The quantitative estimate of drug-likeness (QED) is 0.817. The van der Waals surface area contributed by atoms with Crippen LogP contribution in [0.5, 0.6) is 11.5 Å². The average Bonchev–Trinajstić information content (AvgIpc) is 2.67. The first-order chi connectivity index (χ1) is 13.8. The summed E-state index contributed by atoms with van der Waals surface area (Å²) in [5.74, 6) is 1.15. The molecule has 1 aromatic carbocycles. The zero-order valence-corrected chi connectivity index (χ0v) is 17.8. The van der Waals surface area contributed by atoms with E-state index in [4.69, 9.17) is 14.2 Å². The van der Waals surface area contributed by atoms with E-state index in [1.54, 1.807) is 32.2 Å². The smallest absolute Gasteiger partial charge is 0.251 e. The first kappa shape index (κ1) is 21.4. The van der Waals surface area contributed by atoms with E-state index in [2.05, 4.69) is 5.32 Å². The van der Waals surface area contributed by atoms with E-state index < -0.39 is 0 Å². The second-order valence-corrected chi connectivity index (χ2v) is 8.46. The summed E-state index contributed by atoms with van der Waals surface area (Å²) in [5, 5.41) is 3.11. The molecule has 2 aliphatic rings. The number of carbonyl (C=O) groups excluding carboxylic acids is 2. The van der Waals surface area contributed by atoms with E-state index in [0.717, 1.165) is 25.7 Å². The number of rotatable bonds is 5. The van der Waals surface area contributed by atoms with E-state index in [1.165, 1.54) is 0 Å². The van der Waals surface area contributed by atoms with E-state index in [1.807, 2.05) is 18.7 Å². The molecular weight excluding hydrogens is 372 g/mol. The van der Waals surface area contributed by atoms with Gasteiger partial charge in [-0.1, -0.05) is 0 Å². The van der Waals surface area contributed by atoms with Crippen molar-refractivity contribution in [2.24, 2.45) is 0 Å². The fraction of sp³-hybridized carbons (Fsp3) is 0.636. The highest BCUT2D eigenvalue weighted by Gasteiger charge is 2.30. The molecule has 0 bridgehead atoms. The van der Waals surface area contributed by atoms with Crippen molar-refractivity contribution in [1.29, 1.82) is 0 Å². The predicted octanol–water partition coefficient (Wildman–Crippen LogP) is 2.77. The molecule has 0 aliphatic carbocycles. The summed E-state index contributed by atoms with van der Waals surface area (Å²) in [6, 6.07) is 5.38. The molecule has 2 aliphatic heterocycles. The number of likely N-dealkylation sites (tertiary alicyclic amines) is 1. The van der Waals surface area contributed by atoms with Crippen LogP contribution >= 0.6 is 0 Å². The molecule has 2 heterocycles. The Morgan fingerprint density at radius 3 is 2.52 bits per heavy atom. The molecule has 1 aromatic rings. The fourth-order valence-corrected chi connectivity index (χ4v) is 4.00. The molecule has 7 nitrogen and oxygen atoms in total. The third-order valence-corrected chi connectivity index (χ3v) is 5.64. The largest absolute Gasteiger partial charge is 0.493 e. The molecule has 29 heavy (non-hydrogen) atoms. The molecular formula is C22H32N2O5. The summed E-state index contributed by atoms with van der Waals surface area (Å²) < 4.78 is 17.3. The summed E-state index contributed by atoms with van der Waals surface area (Å²) in [6.07, 6.45) is 3.20. The number of amides is 2. The second kappa shape index (κ2) is 9.03. The lowest BCUT2D eigenvalue weighted by Crippen LogP contribution is -2.45. The van der Waals surface area contributed by atoms with Crippen LogP contribution in [0.3, 0.4) is 0 Å². The third-order valence-electron chi connectivity index (χ3n) is 5.64. The third kappa shape index (κ3) is 5.63. The van der Waals surface area contributed by atoms with E-state index in [-0.39, 0.29) is 29.6 Å². The molecule has 2 amide bonds. The minimum atomic E-state index is -0.219. The highest BCUT2D eigenvalue weighted by molar-refractivity contribution is 5.95. The molecule has 0 aromatic heterocycles. The topological polar surface area (TPSA) is 77.1 Å². The Morgan fingerprint density at radius 1 is 1.17 bits per heavy atom. The van der Waals surface area contributed by atoms with Gasteiger partial charge in [0.05, 0.1) is 12.7 Å². The van der Waals surface area contributed by atoms with Crippen molar-refractivity contribution in [2.75, 3.05) is 26.8 Å². The van der Waals surface area contributed by atoms with Crippen molar-refractivity contribution >= 4 is 11.8 Å². The van der Waals surface area contributed by atoms with E-state index in [0.29, 0.717) is 36.8 Å². The van der Waals surface area contributed by atoms with Gasteiger partial charge in [0.1, 0.15) is 6.10 Å². The van der Waals surface area contributed by atoms with Gasteiger partial charge in [-0.05, 0) is 44.9 Å². The Hall–Kier alpha value is -2.28. The minimum absolute atomic E-state index is 0.0312. The van der Waals surface area contributed by atoms with Gasteiger partial charge in [-0.15, -0.1) is 0 Å². The van der Waals surface area contributed by atoms with Gasteiger partial charge < -0.3 is 24.4 Å². The number of methoxy groups -OCH3 is 1. The van der Waals surface area contributed by atoms with Crippen LogP contribution in [0.2, 0.25) is 0 Å². The zero-order valence-electron chi connectivity index (χ0n) is 17.8. The van der Waals surface area contributed by atoms with Gasteiger partial charge in [-0.2, -0.15) is 0 Å². The zero-order chi connectivity index (χ0) is 21.0. The van der Waals surface area contributed by atoms with Crippen LogP contribution in [0.25, 0.3) is 0 Å². The summed E-state index contributed by atoms with van der Waals surface area (Å²) in [4.78, 5) is 26.0. The van der Waals surface area contributed by atoms with Gasteiger partial charge in [0.25, 0.3) is 5.91 Å². The normalized spacial score (nSPS) is 22.1. The molecule has 160 valence electrons. The molecule has 2 fully saturated rings. The first-order valence-corrected chi connectivity index (χ1v) is 10.3. The van der Waals surface area contributed by atoms with Gasteiger partial charge >= 0.3 is 0 Å². The lowest BCUT2D eigenvalue weighted by Gasteiger charge is -2.35. The minimum Gasteiger partial charge on any atom is -0.493 e. The van der Waals surface area contributed by atoms with E-state index in [9.17, 15) is 9.59 Å². The van der Waals surface area contributed by atoms with Crippen LogP contribution in [-0.4, -0.2) is 61.3 Å². The van der Waals surface area contributed by atoms with Crippen LogP contribution in [0.15, 0.2) is 18.2 Å². The lowest BCUT2D eigenvalue weighted by molar-refractivity contribution is -0.130. The molecule has 2 saturated heterocycles. The number of nitrogens with one attached hydrogen (secondary N) is 1. The molecule has 0 radical (unpaired) electrons. The molecule has 3 rings (SSSR count). The number of piperidine rings is 1. The van der Waals surface area contributed by atoms with E-state index >= 15 is 0 Å². The van der Waals surface area contributed by atoms with Gasteiger partial charge in [0.15, 0.2) is 11.5 Å². The maximum atomic E-state index is 12.7. The van der Waals surface area contributed by atoms with Gasteiger partial charge in [-0.25, -0.2) is 0 Å². The first-order valence-electron chi connectivity index (χ1n) is 10.3. The molecule has 1 unspecified atom stereocenters. The van der Waals surface area contributed by atoms with Crippen LogP contribution in [0.1, 0.15) is 56.8 Å². The average molecular weight is 405 g/mol. The maximum Gasteiger partial charge on any atom is 0.251 e. The molecule has 0 spiro atoms. The van der Waals surface area contributed by atoms with Crippen molar-refractivity contribution in [2.45, 2.75) is 64.2 Å². The molecule has 1 atom stereocenters. The van der Waals surface area contributed by atoms with Gasteiger partial charge in [-0.3, -0.25) is 9.59 Å². The van der Waals surface area contributed by atoms with Gasteiger partial charge in [0, 0.05) is 51.1 Å². The van der Waals surface area contributed by atoms with Crippen molar-refractivity contribution in [3.8, 4) is 11.5 Å².